The summed E-state index contributed by atoms with van der Waals surface area (Å²) in [4.78, 5) is 26.1. The highest BCUT2D eigenvalue weighted by Crippen LogP contribution is 2.27. The minimum atomic E-state index is -0.0583. The van der Waals surface area contributed by atoms with Crippen LogP contribution in [0.3, 0.4) is 0 Å². The molecule has 0 atom stereocenters. The standard InChI is InChI=1S/C17H19N5O2S/c1-12-2-3-13(24-12)10-18-17(23)22-7-5-21(6-8-22)15-14-4-9-25-16(14)20-11-19-15/h2-4,9,11H,5-8,10H2,1H3,(H,18,23). The largest absolute Gasteiger partial charge is 0.465 e. The molecule has 1 fully saturated rings. The van der Waals surface area contributed by atoms with Gasteiger partial charge in [0.1, 0.15) is 28.5 Å². The van der Waals surface area contributed by atoms with E-state index >= 15 is 0 Å². The van der Waals surface area contributed by atoms with Crippen LogP contribution in [0.1, 0.15) is 11.5 Å². The van der Waals surface area contributed by atoms with Crippen LogP contribution < -0.4 is 10.2 Å². The van der Waals surface area contributed by atoms with Crippen LogP contribution in [0.4, 0.5) is 10.6 Å². The summed E-state index contributed by atoms with van der Waals surface area (Å²) < 4.78 is 5.47. The third-order valence-electron chi connectivity index (χ3n) is 4.32. The number of aryl methyl sites for hydroxylation is 1. The molecule has 1 aliphatic rings. The molecule has 1 saturated heterocycles. The van der Waals surface area contributed by atoms with E-state index in [0.29, 0.717) is 19.6 Å². The summed E-state index contributed by atoms with van der Waals surface area (Å²) in [5.74, 6) is 2.57. The molecule has 2 amide bonds. The maximum Gasteiger partial charge on any atom is 0.317 e. The lowest BCUT2D eigenvalue weighted by Crippen LogP contribution is -2.51. The molecule has 25 heavy (non-hydrogen) atoms. The van der Waals surface area contributed by atoms with Crippen molar-refractivity contribution in [3.8, 4) is 0 Å². The number of piperazine rings is 1. The Kier molecular flexibility index (Phi) is 4.27. The van der Waals surface area contributed by atoms with Gasteiger partial charge in [-0.2, -0.15) is 0 Å². The molecule has 1 aliphatic heterocycles. The van der Waals surface area contributed by atoms with Crippen molar-refractivity contribution in [2.75, 3.05) is 31.1 Å². The molecule has 1 N–H and O–H groups in total. The topological polar surface area (TPSA) is 74.5 Å². The molecular weight excluding hydrogens is 338 g/mol. The number of urea groups is 1. The van der Waals surface area contributed by atoms with Crippen LogP contribution in [0.25, 0.3) is 10.2 Å². The van der Waals surface area contributed by atoms with Gasteiger partial charge in [0, 0.05) is 26.2 Å². The number of nitrogens with zero attached hydrogens (tertiary/aromatic N) is 4. The molecule has 0 bridgehead atoms. The van der Waals surface area contributed by atoms with Gasteiger partial charge < -0.3 is 19.5 Å². The molecule has 0 aromatic carbocycles. The van der Waals surface area contributed by atoms with Crippen molar-refractivity contribution in [1.29, 1.82) is 0 Å². The first kappa shape index (κ1) is 15.9. The number of hydrogen-bond acceptors (Lipinski definition) is 6. The summed E-state index contributed by atoms with van der Waals surface area (Å²) >= 11 is 1.62. The van der Waals surface area contributed by atoms with Crippen LogP contribution in [0.5, 0.6) is 0 Å². The minimum absolute atomic E-state index is 0.0583. The van der Waals surface area contributed by atoms with Gasteiger partial charge in [-0.05, 0) is 30.5 Å². The summed E-state index contributed by atoms with van der Waals surface area (Å²) in [7, 11) is 0. The number of aromatic nitrogens is 2. The zero-order valence-corrected chi connectivity index (χ0v) is 14.8. The first-order valence-electron chi connectivity index (χ1n) is 8.22. The Balaban J connectivity index is 1.35. The van der Waals surface area contributed by atoms with E-state index in [1.54, 1.807) is 17.7 Å². The van der Waals surface area contributed by atoms with Gasteiger partial charge in [0.25, 0.3) is 0 Å². The van der Waals surface area contributed by atoms with Gasteiger partial charge in [0.05, 0.1) is 11.9 Å². The zero-order valence-electron chi connectivity index (χ0n) is 13.9. The van der Waals surface area contributed by atoms with E-state index in [0.717, 1.165) is 40.6 Å². The second kappa shape index (κ2) is 6.72. The Morgan fingerprint density at radius 2 is 2.08 bits per heavy atom. The summed E-state index contributed by atoms with van der Waals surface area (Å²) in [6.45, 7) is 5.15. The van der Waals surface area contributed by atoms with Gasteiger partial charge in [0.2, 0.25) is 0 Å². The molecule has 8 heteroatoms. The second-order valence-electron chi connectivity index (χ2n) is 5.98. The predicted octanol–water partition coefficient (Wildman–Crippen LogP) is 2.62. The molecule has 3 aromatic rings. The molecule has 0 saturated carbocycles. The van der Waals surface area contributed by atoms with Crippen molar-refractivity contribution in [1.82, 2.24) is 20.2 Å². The smallest absolute Gasteiger partial charge is 0.317 e. The molecule has 0 aliphatic carbocycles. The fourth-order valence-corrected chi connectivity index (χ4v) is 3.73. The van der Waals surface area contributed by atoms with E-state index in [4.69, 9.17) is 4.42 Å². The highest BCUT2D eigenvalue weighted by molar-refractivity contribution is 7.16. The molecule has 3 aromatic heterocycles. The Morgan fingerprint density at radius 3 is 2.84 bits per heavy atom. The van der Waals surface area contributed by atoms with Crippen molar-refractivity contribution >= 4 is 33.4 Å². The van der Waals surface area contributed by atoms with Crippen molar-refractivity contribution in [3.63, 3.8) is 0 Å². The number of hydrogen-bond donors (Lipinski definition) is 1. The quantitative estimate of drug-likeness (QED) is 0.780. The number of rotatable bonds is 3. The van der Waals surface area contributed by atoms with Crippen LogP contribution in [0, 0.1) is 6.92 Å². The molecule has 4 rings (SSSR count). The minimum Gasteiger partial charge on any atom is -0.465 e. The number of carbonyl (C=O) groups excluding carboxylic acids is 1. The van der Waals surface area contributed by atoms with Gasteiger partial charge in [-0.1, -0.05) is 0 Å². The number of thiophene rings is 1. The number of anilines is 1. The van der Waals surface area contributed by atoms with Gasteiger partial charge >= 0.3 is 6.03 Å². The van der Waals surface area contributed by atoms with Gasteiger partial charge in [-0.3, -0.25) is 0 Å². The average molecular weight is 357 g/mol. The number of amides is 2. The Hall–Kier alpha value is -2.61. The fourth-order valence-electron chi connectivity index (χ4n) is 3.00. The third-order valence-corrected chi connectivity index (χ3v) is 5.14. The Morgan fingerprint density at radius 1 is 1.24 bits per heavy atom. The van der Waals surface area contributed by atoms with Gasteiger partial charge in [-0.25, -0.2) is 14.8 Å². The van der Waals surface area contributed by atoms with Crippen LogP contribution in [0.2, 0.25) is 0 Å². The van der Waals surface area contributed by atoms with E-state index < -0.39 is 0 Å². The molecular formula is C17H19N5O2S. The van der Waals surface area contributed by atoms with Crippen LogP contribution in [0.15, 0.2) is 34.3 Å². The summed E-state index contributed by atoms with van der Waals surface area (Å²) in [5.41, 5.74) is 0. The molecule has 0 radical (unpaired) electrons. The van der Waals surface area contributed by atoms with Gasteiger partial charge in [-0.15, -0.1) is 11.3 Å². The van der Waals surface area contributed by atoms with E-state index in [-0.39, 0.29) is 6.03 Å². The van der Waals surface area contributed by atoms with E-state index in [1.807, 2.05) is 29.3 Å². The highest BCUT2D eigenvalue weighted by atomic mass is 32.1. The number of fused-ring (bicyclic) bond motifs is 1. The lowest BCUT2D eigenvalue weighted by molar-refractivity contribution is 0.193. The number of nitrogens with one attached hydrogen (secondary N) is 1. The van der Waals surface area contributed by atoms with Crippen LogP contribution in [-0.2, 0) is 6.54 Å². The molecule has 4 heterocycles. The second-order valence-corrected chi connectivity index (χ2v) is 6.88. The van der Waals surface area contributed by atoms with E-state index in [9.17, 15) is 4.79 Å². The van der Waals surface area contributed by atoms with Crippen molar-refractivity contribution in [3.05, 3.63) is 41.4 Å². The SMILES string of the molecule is Cc1ccc(CNC(=O)N2CCN(c3ncnc4sccc34)CC2)o1. The predicted molar refractivity (Wildman–Crippen MR) is 96.9 cm³/mol. The number of carbonyl (C=O) groups is 1. The Labute approximate surface area is 149 Å². The fraction of sp³-hybridized carbons (Fsp3) is 0.353. The summed E-state index contributed by atoms with van der Waals surface area (Å²) in [6, 6.07) is 5.78. The van der Waals surface area contributed by atoms with Crippen LogP contribution >= 0.6 is 11.3 Å². The maximum absolute atomic E-state index is 12.3. The van der Waals surface area contributed by atoms with E-state index in [1.165, 1.54) is 0 Å². The highest BCUT2D eigenvalue weighted by Gasteiger charge is 2.23. The maximum atomic E-state index is 12.3. The summed E-state index contributed by atoms with van der Waals surface area (Å²) in [6.07, 6.45) is 1.61. The third kappa shape index (κ3) is 3.30. The van der Waals surface area contributed by atoms with Crippen molar-refractivity contribution in [2.45, 2.75) is 13.5 Å². The monoisotopic (exact) mass is 357 g/mol. The lowest BCUT2D eigenvalue weighted by Gasteiger charge is -2.35. The zero-order chi connectivity index (χ0) is 17.2. The summed E-state index contributed by atoms with van der Waals surface area (Å²) in [5, 5.41) is 6.03. The Bertz CT molecular complexity index is 882. The molecule has 7 nitrogen and oxygen atoms in total. The molecule has 0 spiro atoms. The average Bonchev–Trinajstić information content (AvgIpc) is 3.28. The first-order chi connectivity index (χ1) is 12.2. The molecule has 0 unspecified atom stereocenters. The van der Waals surface area contributed by atoms with E-state index in [2.05, 4.69) is 26.3 Å². The van der Waals surface area contributed by atoms with Crippen molar-refractivity contribution in [2.24, 2.45) is 0 Å². The van der Waals surface area contributed by atoms with Crippen LogP contribution in [-0.4, -0.2) is 47.1 Å². The molecule has 130 valence electrons. The van der Waals surface area contributed by atoms with Gasteiger partial charge in [0.15, 0.2) is 0 Å². The van der Waals surface area contributed by atoms with Crippen molar-refractivity contribution < 1.29 is 9.21 Å². The lowest BCUT2D eigenvalue weighted by atomic mass is 10.3. The first-order valence-corrected chi connectivity index (χ1v) is 9.10. The number of furan rings is 1. The normalized spacial score (nSPS) is 14.9.